The second-order valence-corrected chi connectivity index (χ2v) is 7.35. The van der Waals surface area contributed by atoms with Crippen LogP contribution in [0.2, 0.25) is 5.02 Å². The number of carbonyl (C=O) groups excluding carboxylic acids is 1. The van der Waals surface area contributed by atoms with Crippen LogP contribution in [0.1, 0.15) is 18.6 Å². The van der Waals surface area contributed by atoms with Crippen LogP contribution in [-0.2, 0) is 0 Å². The number of rotatable bonds is 7. The zero-order valence-corrected chi connectivity index (χ0v) is 17.7. The number of nitrogens with zero attached hydrogens (tertiary/aromatic N) is 3. The molecule has 8 heteroatoms. The van der Waals surface area contributed by atoms with Crippen LogP contribution < -0.4 is 5.84 Å². The highest BCUT2D eigenvalue weighted by atomic mass is 35.5. The van der Waals surface area contributed by atoms with Crippen molar-refractivity contribution in [2.45, 2.75) is 12.8 Å². The summed E-state index contributed by atoms with van der Waals surface area (Å²) in [6.45, 7) is 2.02. The smallest absolute Gasteiger partial charge is 0.338 e. The number of halogens is 2. The Hall–Kier alpha value is -1.99. The van der Waals surface area contributed by atoms with Crippen molar-refractivity contribution in [2.24, 2.45) is 5.84 Å². The van der Waals surface area contributed by atoms with E-state index in [2.05, 4.69) is 4.90 Å². The maximum absolute atomic E-state index is 12.3. The third-order valence-electron chi connectivity index (χ3n) is 4.46. The van der Waals surface area contributed by atoms with Crippen LogP contribution >= 0.6 is 24.0 Å². The molecule has 2 N–H and O–H groups in total. The first-order valence-corrected chi connectivity index (χ1v) is 9.36. The van der Waals surface area contributed by atoms with Gasteiger partial charge in [-0.1, -0.05) is 11.6 Å². The van der Waals surface area contributed by atoms with Gasteiger partial charge in [-0.2, -0.15) is 0 Å². The summed E-state index contributed by atoms with van der Waals surface area (Å²) < 4.78 is 5.92. The molecule has 2 amide bonds. The number of hydrogen-bond acceptors (Lipinski definition) is 4. The van der Waals surface area contributed by atoms with Crippen LogP contribution in [0.3, 0.4) is 0 Å². The summed E-state index contributed by atoms with van der Waals surface area (Å²) in [4.78, 5) is 16.2. The van der Waals surface area contributed by atoms with Gasteiger partial charge in [0.25, 0.3) is 0 Å². The SMILES string of the molecule is CN(C)CCCCN1C(=O)N(N)CC1=Cc1ccc(-c2ccc(Cl)cc2)o1.Cl. The van der Waals surface area contributed by atoms with E-state index in [9.17, 15) is 4.79 Å². The van der Waals surface area contributed by atoms with Crippen LogP contribution in [0.5, 0.6) is 0 Å². The second-order valence-electron chi connectivity index (χ2n) is 6.92. The average molecular weight is 425 g/mol. The van der Waals surface area contributed by atoms with Gasteiger partial charge in [-0.3, -0.25) is 9.91 Å². The van der Waals surface area contributed by atoms with Crippen molar-refractivity contribution in [3.63, 3.8) is 0 Å². The van der Waals surface area contributed by atoms with Gasteiger partial charge in [0.15, 0.2) is 0 Å². The minimum absolute atomic E-state index is 0. The lowest BCUT2D eigenvalue weighted by Gasteiger charge is -2.17. The molecule has 0 saturated carbocycles. The van der Waals surface area contributed by atoms with E-state index in [1.165, 1.54) is 5.01 Å². The molecule has 0 spiro atoms. The first kappa shape index (κ1) is 22.3. The monoisotopic (exact) mass is 424 g/mol. The molecule has 1 fully saturated rings. The standard InChI is InChI=1S/C20H25ClN4O2.ClH/c1-23(2)11-3-4-12-24-17(14-25(22)20(24)26)13-18-9-10-19(27-18)15-5-7-16(21)8-6-15;/h5-10,13H,3-4,11-12,14,22H2,1-2H3;1H. The molecule has 1 aromatic carbocycles. The van der Waals surface area contributed by atoms with Crippen molar-refractivity contribution in [3.05, 3.63) is 52.9 Å². The predicted molar refractivity (Wildman–Crippen MR) is 115 cm³/mol. The first-order chi connectivity index (χ1) is 12.9. The van der Waals surface area contributed by atoms with Gasteiger partial charge in [0.1, 0.15) is 11.5 Å². The molecular formula is C20H26Cl2N4O2. The Kier molecular flexibility index (Phi) is 7.95. The molecule has 0 radical (unpaired) electrons. The van der Waals surface area contributed by atoms with Crippen LogP contribution in [0.4, 0.5) is 4.79 Å². The zero-order valence-electron chi connectivity index (χ0n) is 16.1. The Morgan fingerprint density at radius 2 is 1.89 bits per heavy atom. The van der Waals surface area contributed by atoms with Crippen LogP contribution in [0.25, 0.3) is 17.4 Å². The Morgan fingerprint density at radius 3 is 2.57 bits per heavy atom. The summed E-state index contributed by atoms with van der Waals surface area (Å²) in [6.07, 6.45) is 3.83. The molecule has 1 aromatic heterocycles. The van der Waals surface area contributed by atoms with Gasteiger partial charge in [0.2, 0.25) is 0 Å². The normalized spacial score (nSPS) is 15.6. The van der Waals surface area contributed by atoms with E-state index in [0.29, 0.717) is 23.9 Å². The first-order valence-electron chi connectivity index (χ1n) is 8.99. The van der Waals surface area contributed by atoms with E-state index in [4.69, 9.17) is 21.9 Å². The summed E-state index contributed by atoms with van der Waals surface area (Å²) in [5.41, 5.74) is 1.80. The lowest BCUT2D eigenvalue weighted by molar-refractivity contribution is 0.194. The largest absolute Gasteiger partial charge is 0.457 e. The molecule has 6 nitrogen and oxygen atoms in total. The summed E-state index contributed by atoms with van der Waals surface area (Å²) in [6, 6.07) is 11.1. The lowest BCUT2D eigenvalue weighted by atomic mass is 10.2. The third-order valence-corrected chi connectivity index (χ3v) is 4.71. The number of hydrazine groups is 1. The van der Waals surface area contributed by atoms with E-state index < -0.39 is 0 Å². The highest BCUT2D eigenvalue weighted by molar-refractivity contribution is 6.30. The summed E-state index contributed by atoms with van der Waals surface area (Å²) >= 11 is 5.93. The molecule has 0 bridgehead atoms. The molecule has 28 heavy (non-hydrogen) atoms. The highest BCUT2D eigenvalue weighted by Gasteiger charge is 2.30. The van der Waals surface area contributed by atoms with Gasteiger partial charge in [-0.05, 0) is 69.9 Å². The van der Waals surface area contributed by atoms with Gasteiger partial charge in [0, 0.05) is 28.9 Å². The van der Waals surface area contributed by atoms with Crippen molar-refractivity contribution in [1.29, 1.82) is 0 Å². The van der Waals surface area contributed by atoms with Gasteiger partial charge >= 0.3 is 6.03 Å². The summed E-state index contributed by atoms with van der Waals surface area (Å²) in [5.74, 6) is 7.27. The van der Waals surface area contributed by atoms with Crippen LogP contribution in [-0.4, -0.2) is 54.6 Å². The molecule has 152 valence electrons. The van der Waals surface area contributed by atoms with Gasteiger partial charge in [-0.25, -0.2) is 10.6 Å². The quantitative estimate of drug-likeness (QED) is 0.408. The van der Waals surface area contributed by atoms with E-state index in [1.54, 1.807) is 4.90 Å². The van der Waals surface area contributed by atoms with Crippen molar-refractivity contribution < 1.29 is 9.21 Å². The van der Waals surface area contributed by atoms with Gasteiger partial charge in [-0.15, -0.1) is 12.4 Å². The Labute approximate surface area is 176 Å². The Morgan fingerprint density at radius 1 is 1.18 bits per heavy atom. The number of nitrogens with two attached hydrogens (primary N) is 1. The fourth-order valence-electron chi connectivity index (χ4n) is 3.03. The van der Waals surface area contributed by atoms with Crippen molar-refractivity contribution in [2.75, 3.05) is 33.7 Å². The third kappa shape index (κ3) is 5.52. The molecule has 1 aliphatic rings. The number of hydrogen-bond donors (Lipinski definition) is 1. The lowest BCUT2D eigenvalue weighted by Crippen LogP contribution is -2.36. The van der Waals surface area contributed by atoms with Crippen LogP contribution in [0.15, 0.2) is 46.5 Å². The second kappa shape index (κ2) is 9.98. The van der Waals surface area contributed by atoms with E-state index in [-0.39, 0.29) is 18.4 Å². The minimum Gasteiger partial charge on any atom is -0.457 e. The predicted octanol–water partition coefficient (Wildman–Crippen LogP) is 4.32. The zero-order chi connectivity index (χ0) is 19.4. The molecule has 3 rings (SSSR count). The molecule has 2 heterocycles. The number of carbonyl (C=O) groups is 1. The Bertz CT molecular complexity index is 818. The fraction of sp³-hybridized carbons (Fsp3) is 0.350. The maximum Gasteiger partial charge on any atom is 0.338 e. The molecule has 0 unspecified atom stereocenters. The summed E-state index contributed by atoms with van der Waals surface area (Å²) in [7, 11) is 4.09. The number of amides is 2. The van der Waals surface area contributed by atoms with Gasteiger partial charge in [0.05, 0.1) is 6.54 Å². The molecular weight excluding hydrogens is 399 g/mol. The number of benzene rings is 1. The van der Waals surface area contributed by atoms with Gasteiger partial charge < -0.3 is 9.32 Å². The van der Waals surface area contributed by atoms with Crippen molar-refractivity contribution in [1.82, 2.24) is 14.8 Å². The molecule has 2 aromatic rings. The van der Waals surface area contributed by atoms with Crippen molar-refractivity contribution >= 4 is 36.1 Å². The molecule has 0 atom stereocenters. The molecule has 1 aliphatic heterocycles. The van der Waals surface area contributed by atoms with E-state index in [0.717, 1.165) is 36.4 Å². The average Bonchev–Trinajstić information content (AvgIpc) is 3.19. The fourth-order valence-corrected chi connectivity index (χ4v) is 3.16. The maximum atomic E-state index is 12.3. The van der Waals surface area contributed by atoms with E-state index >= 15 is 0 Å². The number of urea groups is 1. The molecule has 1 saturated heterocycles. The highest BCUT2D eigenvalue weighted by Crippen LogP contribution is 2.26. The number of furan rings is 1. The summed E-state index contributed by atoms with van der Waals surface area (Å²) in [5, 5.41) is 1.92. The van der Waals surface area contributed by atoms with E-state index in [1.807, 2.05) is 56.6 Å². The topological polar surface area (TPSA) is 66.0 Å². The Balaban J connectivity index is 0.00000280. The minimum atomic E-state index is -0.171. The van der Waals surface area contributed by atoms with Crippen molar-refractivity contribution in [3.8, 4) is 11.3 Å². The van der Waals surface area contributed by atoms with Crippen LogP contribution in [0, 0.1) is 0 Å². The number of unbranched alkanes of at least 4 members (excludes halogenated alkanes) is 1. The molecule has 0 aliphatic carbocycles.